The SMILES string of the molecule is CCCCCCCC[S+]([O-])C(C)Cc1ccc2c(c1)OCO2.N=C=N. The number of unbranched alkanes of at least 4 members (excludes halogenated alkanes) is 5. The largest absolute Gasteiger partial charge is 0.616 e. The first kappa shape index (κ1) is 21.6. The number of nitrogens with one attached hydrogen (secondary N) is 2. The zero-order valence-corrected chi connectivity index (χ0v) is 16.1. The van der Waals surface area contributed by atoms with Gasteiger partial charge in [0.1, 0.15) is 11.0 Å². The summed E-state index contributed by atoms with van der Waals surface area (Å²) in [4.78, 5) is 0. The minimum atomic E-state index is -0.743. The third-order valence-corrected chi connectivity index (χ3v) is 5.86. The lowest BCUT2D eigenvalue weighted by Gasteiger charge is -2.18. The standard InChI is InChI=1S/C18H28O3S.CH2N2/c1-3-4-5-6-7-8-11-22(19)15(2)12-16-9-10-17-18(13-16)21-14-20-17;2-1-3/h9-10,13,15H,3-8,11-12,14H2,1-2H3;2-3H. The highest BCUT2D eigenvalue weighted by Crippen LogP contribution is 2.33. The molecule has 0 amide bonds. The maximum absolute atomic E-state index is 12.3. The number of hydrogen-bond acceptors (Lipinski definition) is 5. The molecule has 0 bridgehead atoms. The van der Waals surface area contributed by atoms with Crippen molar-refractivity contribution in [2.24, 2.45) is 0 Å². The van der Waals surface area contributed by atoms with Crippen LogP contribution in [0.2, 0.25) is 0 Å². The molecule has 1 heterocycles. The second kappa shape index (κ2) is 12.8. The minimum absolute atomic E-state index is 0.191. The molecule has 0 aromatic heterocycles. The monoisotopic (exact) mass is 366 g/mol. The van der Waals surface area contributed by atoms with E-state index in [1.165, 1.54) is 43.7 Å². The minimum Gasteiger partial charge on any atom is -0.616 e. The van der Waals surface area contributed by atoms with Crippen molar-refractivity contribution in [3.05, 3.63) is 23.8 Å². The average molecular weight is 367 g/mol. The Bertz CT molecular complexity index is 533. The molecule has 25 heavy (non-hydrogen) atoms. The molecule has 0 radical (unpaired) electrons. The van der Waals surface area contributed by atoms with E-state index in [1.54, 1.807) is 0 Å². The van der Waals surface area contributed by atoms with Crippen LogP contribution >= 0.6 is 0 Å². The summed E-state index contributed by atoms with van der Waals surface area (Å²) in [5.41, 5.74) is 1.17. The molecule has 2 rings (SSSR count). The Morgan fingerprint density at radius 3 is 2.48 bits per heavy atom. The van der Waals surface area contributed by atoms with Gasteiger partial charge in [0.2, 0.25) is 6.79 Å². The van der Waals surface area contributed by atoms with Gasteiger partial charge in [-0.2, -0.15) is 0 Å². The highest BCUT2D eigenvalue weighted by Gasteiger charge is 2.19. The smallest absolute Gasteiger partial charge is 0.231 e. The van der Waals surface area contributed by atoms with Crippen molar-refractivity contribution < 1.29 is 14.0 Å². The van der Waals surface area contributed by atoms with Gasteiger partial charge in [-0.05, 0) is 37.5 Å². The van der Waals surface area contributed by atoms with Gasteiger partial charge in [0.15, 0.2) is 11.5 Å². The summed E-state index contributed by atoms with van der Waals surface area (Å²) in [6.07, 6.45) is 8.32. The molecule has 0 saturated carbocycles. The lowest BCUT2D eigenvalue weighted by Crippen LogP contribution is -2.23. The van der Waals surface area contributed by atoms with Crippen LogP contribution in [0.15, 0.2) is 18.2 Å². The fraction of sp³-hybridized carbons (Fsp3) is 0.632. The molecule has 0 saturated heterocycles. The molecule has 1 aliphatic rings. The molecular formula is C19H30N2O3S. The first-order valence-corrected chi connectivity index (χ1v) is 10.3. The van der Waals surface area contributed by atoms with E-state index in [1.807, 2.05) is 18.2 Å². The fourth-order valence-electron chi connectivity index (χ4n) is 2.72. The van der Waals surface area contributed by atoms with E-state index in [9.17, 15) is 4.55 Å². The molecule has 1 aromatic carbocycles. The maximum Gasteiger partial charge on any atom is 0.231 e. The average Bonchev–Trinajstić information content (AvgIpc) is 3.06. The summed E-state index contributed by atoms with van der Waals surface area (Å²) in [5.74, 6) is 2.45. The summed E-state index contributed by atoms with van der Waals surface area (Å²) >= 11 is -0.743. The number of hydrogen-bond donors (Lipinski definition) is 2. The molecule has 2 N–H and O–H groups in total. The van der Waals surface area contributed by atoms with Crippen molar-refractivity contribution in [2.45, 2.75) is 64.0 Å². The van der Waals surface area contributed by atoms with Crippen molar-refractivity contribution in [1.29, 1.82) is 10.8 Å². The van der Waals surface area contributed by atoms with E-state index in [0.717, 1.165) is 30.1 Å². The van der Waals surface area contributed by atoms with Crippen LogP contribution < -0.4 is 9.47 Å². The van der Waals surface area contributed by atoms with Gasteiger partial charge in [-0.15, -0.1) is 0 Å². The number of ether oxygens (including phenoxy) is 2. The Morgan fingerprint density at radius 1 is 1.12 bits per heavy atom. The Kier molecular flexibility index (Phi) is 11.0. The molecule has 1 aliphatic heterocycles. The van der Waals surface area contributed by atoms with E-state index < -0.39 is 11.2 Å². The van der Waals surface area contributed by atoms with Gasteiger partial charge >= 0.3 is 0 Å². The molecule has 2 unspecified atom stereocenters. The molecule has 2 atom stereocenters. The van der Waals surface area contributed by atoms with Crippen molar-refractivity contribution in [2.75, 3.05) is 12.5 Å². The van der Waals surface area contributed by atoms with Crippen molar-refractivity contribution >= 4 is 17.2 Å². The van der Waals surface area contributed by atoms with Gasteiger partial charge in [0.25, 0.3) is 0 Å². The normalized spacial score (nSPS) is 14.2. The molecule has 0 aliphatic carbocycles. The first-order chi connectivity index (χ1) is 12.1. The second-order valence-electron chi connectivity index (χ2n) is 6.18. The summed E-state index contributed by atoms with van der Waals surface area (Å²) < 4.78 is 23.0. The van der Waals surface area contributed by atoms with Crippen molar-refractivity contribution in [3.63, 3.8) is 0 Å². The van der Waals surface area contributed by atoms with Crippen LogP contribution in [0.5, 0.6) is 11.5 Å². The summed E-state index contributed by atoms with van der Waals surface area (Å²) in [5, 5.41) is 11.4. The molecule has 5 nitrogen and oxygen atoms in total. The van der Waals surface area contributed by atoms with E-state index in [4.69, 9.17) is 20.3 Å². The van der Waals surface area contributed by atoms with E-state index >= 15 is 0 Å². The second-order valence-corrected chi connectivity index (χ2v) is 8.15. The van der Waals surface area contributed by atoms with Gasteiger partial charge in [-0.3, -0.25) is 0 Å². The van der Waals surface area contributed by atoms with Crippen LogP contribution in [0, 0.1) is 10.8 Å². The van der Waals surface area contributed by atoms with E-state index in [0.29, 0.717) is 6.79 Å². The fourth-order valence-corrected chi connectivity index (χ4v) is 3.99. The zero-order valence-electron chi connectivity index (χ0n) is 15.3. The Morgan fingerprint density at radius 2 is 1.76 bits per heavy atom. The van der Waals surface area contributed by atoms with Gasteiger partial charge in [0, 0.05) is 6.42 Å². The topological polar surface area (TPSA) is 89.2 Å². The Hall–Kier alpha value is -1.49. The summed E-state index contributed by atoms with van der Waals surface area (Å²) in [6, 6.07) is 7.26. The summed E-state index contributed by atoms with van der Waals surface area (Å²) in [7, 11) is 0. The molecule has 140 valence electrons. The van der Waals surface area contributed by atoms with E-state index in [2.05, 4.69) is 13.8 Å². The lowest BCUT2D eigenvalue weighted by molar-refractivity contribution is 0.174. The Labute approximate surface area is 154 Å². The van der Waals surface area contributed by atoms with Crippen LogP contribution in [0.25, 0.3) is 0 Å². The maximum atomic E-state index is 12.3. The molecule has 0 spiro atoms. The highest BCUT2D eigenvalue weighted by atomic mass is 32.2. The van der Waals surface area contributed by atoms with Crippen LogP contribution in [0.1, 0.15) is 57.9 Å². The molecule has 0 fully saturated rings. The molecule has 1 aromatic rings. The van der Waals surface area contributed by atoms with Crippen LogP contribution in [0.4, 0.5) is 0 Å². The quantitative estimate of drug-likeness (QED) is 0.355. The number of benzene rings is 1. The predicted molar refractivity (Wildman–Crippen MR) is 103 cm³/mol. The molecule has 6 heteroatoms. The van der Waals surface area contributed by atoms with Gasteiger partial charge in [-0.1, -0.05) is 49.8 Å². The van der Waals surface area contributed by atoms with Gasteiger partial charge in [0.05, 0.1) is 6.01 Å². The molecular weight excluding hydrogens is 336 g/mol. The zero-order chi connectivity index (χ0) is 18.5. The van der Waals surface area contributed by atoms with Crippen LogP contribution in [-0.4, -0.2) is 28.4 Å². The van der Waals surface area contributed by atoms with Crippen LogP contribution in [0.3, 0.4) is 0 Å². The number of rotatable bonds is 10. The third-order valence-electron chi connectivity index (χ3n) is 4.11. The highest BCUT2D eigenvalue weighted by molar-refractivity contribution is 7.91. The van der Waals surface area contributed by atoms with Gasteiger partial charge in [-0.25, -0.2) is 10.8 Å². The van der Waals surface area contributed by atoms with Gasteiger partial charge < -0.3 is 14.0 Å². The summed E-state index contributed by atoms with van der Waals surface area (Å²) in [6.45, 7) is 4.61. The lowest BCUT2D eigenvalue weighted by atomic mass is 10.1. The first-order valence-electron chi connectivity index (χ1n) is 8.96. The van der Waals surface area contributed by atoms with Crippen molar-refractivity contribution in [1.82, 2.24) is 0 Å². The van der Waals surface area contributed by atoms with Crippen LogP contribution in [-0.2, 0) is 17.6 Å². The third kappa shape index (κ3) is 8.43. The van der Waals surface area contributed by atoms with E-state index in [-0.39, 0.29) is 5.25 Å². The number of fused-ring (bicyclic) bond motifs is 1. The Balaban J connectivity index is 0.000000970. The van der Waals surface area contributed by atoms with Crippen molar-refractivity contribution in [3.8, 4) is 11.5 Å². The predicted octanol–water partition coefficient (Wildman–Crippen LogP) is 4.77.